The summed E-state index contributed by atoms with van der Waals surface area (Å²) in [5.41, 5.74) is 6.42. The molecule has 2 heterocycles. The van der Waals surface area contributed by atoms with Gasteiger partial charge in [0.25, 0.3) is 10.0 Å². The molecule has 0 spiro atoms. The molecule has 0 saturated heterocycles. The lowest BCUT2D eigenvalue weighted by molar-refractivity contribution is -0.152. The van der Waals surface area contributed by atoms with E-state index >= 15 is 4.39 Å². The number of carbonyl (C=O) groups is 1. The van der Waals surface area contributed by atoms with E-state index in [-0.39, 0.29) is 55.3 Å². The Hall–Kier alpha value is -3.52. The number of hydrogen-bond donors (Lipinski definition) is 2. The van der Waals surface area contributed by atoms with Crippen molar-refractivity contribution in [2.75, 3.05) is 31.2 Å². The summed E-state index contributed by atoms with van der Waals surface area (Å²) in [6, 6.07) is 7.82. The Labute approximate surface area is 227 Å². The number of sulfonamides is 1. The predicted octanol–water partition coefficient (Wildman–Crippen LogP) is 3.95. The molecular formula is C23H22Cl2FN7O4S. The molecule has 4 rings (SSSR count). The van der Waals surface area contributed by atoms with Gasteiger partial charge in [-0.3, -0.25) is 9.62 Å². The fraction of sp³-hybridized carbons (Fsp3) is 0.217. The van der Waals surface area contributed by atoms with Crippen molar-refractivity contribution in [3.05, 3.63) is 58.6 Å². The molecule has 0 fully saturated rings. The minimum atomic E-state index is -4.26. The van der Waals surface area contributed by atoms with Crippen molar-refractivity contribution in [3.8, 4) is 11.3 Å². The van der Waals surface area contributed by atoms with Crippen LogP contribution in [0.15, 0.2) is 47.6 Å². The van der Waals surface area contributed by atoms with E-state index in [4.69, 9.17) is 33.7 Å². The molecule has 3 N–H and O–H groups in total. The van der Waals surface area contributed by atoms with Gasteiger partial charge < -0.3 is 10.5 Å². The first-order valence-corrected chi connectivity index (χ1v) is 13.3. The molecule has 1 atom stereocenters. The monoisotopic (exact) mass is 581 g/mol. The van der Waals surface area contributed by atoms with E-state index in [1.54, 1.807) is 25.9 Å². The summed E-state index contributed by atoms with van der Waals surface area (Å²) < 4.78 is 49.6. The van der Waals surface area contributed by atoms with Crippen LogP contribution in [-0.4, -0.2) is 59.7 Å². The summed E-state index contributed by atoms with van der Waals surface area (Å²) in [6.07, 6.45) is 0.218. The van der Waals surface area contributed by atoms with E-state index in [9.17, 15) is 13.2 Å². The summed E-state index contributed by atoms with van der Waals surface area (Å²) in [5, 5.41) is 4.64. The lowest BCUT2D eigenvalue weighted by Crippen LogP contribution is -2.35. The second-order valence-corrected chi connectivity index (χ2v) is 10.6. The normalized spacial score (nSPS) is 12.6. The predicted molar refractivity (Wildman–Crippen MR) is 142 cm³/mol. The number of benzene rings is 2. The molecule has 11 nitrogen and oxygen atoms in total. The van der Waals surface area contributed by atoms with Crippen molar-refractivity contribution in [1.82, 2.24) is 24.6 Å². The maximum atomic E-state index is 15.2. The van der Waals surface area contributed by atoms with Gasteiger partial charge in [0.1, 0.15) is 28.6 Å². The molecule has 0 aliphatic rings. The van der Waals surface area contributed by atoms with Crippen molar-refractivity contribution in [2.24, 2.45) is 0 Å². The van der Waals surface area contributed by atoms with Gasteiger partial charge in [0.2, 0.25) is 6.17 Å². The second-order valence-electron chi connectivity index (χ2n) is 8.19. The number of carbonyl (C=O) groups excluding carboxylic acids is 1. The molecule has 0 radical (unpaired) electrons. The molecule has 0 bridgehead atoms. The van der Waals surface area contributed by atoms with Crippen LogP contribution in [0.5, 0.6) is 0 Å². The Morgan fingerprint density at radius 1 is 1.24 bits per heavy atom. The van der Waals surface area contributed by atoms with Crippen LogP contribution in [0.2, 0.25) is 10.0 Å². The average Bonchev–Trinajstić information content (AvgIpc) is 3.22. The molecular weight excluding hydrogens is 560 g/mol. The highest BCUT2D eigenvalue weighted by molar-refractivity contribution is 7.92. The third-order valence-corrected chi connectivity index (χ3v) is 7.77. The number of likely N-dealkylation sites (N-methyl/N-ethyl adjacent to an activating group) is 1. The SMILES string of the molecule is CCOC(=O)C(N(C)C)n1nc(-c2ccc(NS(=O)(=O)c3cccc(Cl)c3Cl)c(F)c2)c2c(N)ncnc21. The smallest absolute Gasteiger partial charge is 0.346 e. The summed E-state index contributed by atoms with van der Waals surface area (Å²) in [7, 11) is -0.945. The van der Waals surface area contributed by atoms with Crippen LogP contribution in [0.25, 0.3) is 22.3 Å². The zero-order chi connectivity index (χ0) is 27.8. The van der Waals surface area contributed by atoms with E-state index in [1.807, 2.05) is 0 Å². The Morgan fingerprint density at radius 2 is 1.97 bits per heavy atom. The summed E-state index contributed by atoms with van der Waals surface area (Å²) in [6.45, 7) is 1.83. The van der Waals surface area contributed by atoms with Crippen molar-refractivity contribution < 1.29 is 22.3 Å². The fourth-order valence-corrected chi connectivity index (χ4v) is 5.58. The maximum Gasteiger partial charge on any atom is 0.346 e. The number of nitrogens with zero attached hydrogens (tertiary/aromatic N) is 5. The van der Waals surface area contributed by atoms with Crippen LogP contribution in [-0.2, 0) is 19.6 Å². The topological polar surface area (TPSA) is 145 Å². The number of anilines is 2. The van der Waals surface area contributed by atoms with E-state index in [0.29, 0.717) is 0 Å². The molecule has 200 valence electrons. The molecule has 4 aromatic rings. The molecule has 2 aromatic heterocycles. The number of aromatic nitrogens is 4. The summed E-state index contributed by atoms with van der Waals surface area (Å²) in [5.74, 6) is -1.43. The number of nitrogens with two attached hydrogens (primary N) is 1. The maximum absolute atomic E-state index is 15.2. The third kappa shape index (κ3) is 5.10. The highest BCUT2D eigenvalue weighted by atomic mass is 35.5. The van der Waals surface area contributed by atoms with Gasteiger partial charge in [0.15, 0.2) is 5.65 Å². The van der Waals surface area contributed by atoms with Gasteiger partial charge in [-0.2, -0.15) is 5.10 Å². The standard InChI is InChI=1S/C23H22Cl2FN7O4S/c1-4-37-23(34)22(32(2)3)33-21-17(20(27)28-11-29-21)19(30-33)12-8-9-15(14(26)10-12)31-38(35,36)16-7-5-6-13(24)18(16)25/h5-11,22,31H,4H2,1-3H3,(H2,27,28,29). The fourth-order valence-electron chi connectivity index (χ4n) is 3.75. The Kier molecular flexibility index (Phi) is 7.74. The number of esters is 1. The molecule has 0 aliphatic carbocycles. The molecule has 0 saturated carbocycles. The molecule has 0 amide bonds. The lowest BCUT2D eigenvalue weighted by atomic mass is 10.1. The van der Waals surface area contributed by atoms with Gasteiger partial charge in [-0.15, -0.1) is 0 Å². The first-order valence-electron chi connectivity index (χ1n) is 11.0. The van der Waals surface area contributed by atoms with Gasteiger partial charge >= 0.3 is 5.97 Å². The summed E-state index contributed by atoms with van der Waals surface area (Å²) in [4.78, 5) is 22.2. The molecule has 0 aliphatic heterocycles. The number of rotatable bonds is 8. The van der Waals surface area contributed by atoms with Gasteiger partial charge in [-0.1, -0.05) is 35.3 Å². The minimum absolute atomic E-state index is 0.0338. The van der Waals surface area contributed by atoms with Crippen LogP contribution in [0, 0.1) is 5.82 Å². The van der Waals surface area contributed by atoms with Gasteiger partial charge in [-0.05, 0) is 45.3 Å². The zero-order valence-corrected chi connectivity index (χ0v) is 22.6. The third-order valence-electron chi connectivity index (χ3n) is 5.43. The molecule has 15 heteroatoms. The van der Waals surface area contributed by atoms with E-state index in [2.05, 4.69) is 19.8 Å². The van der Waals surface area contributed by atoms with E-state index < -0.39 is 28.0 Å². The van der Waals surface area contributed by atoms with Crippen molar-refractivity contribution in [3.63, 3.8) is 0 Å². The minimum Gasteiger partial charge on any atom is -0.463 e. The average molecular weight is 582 g/mol. The number of halogens is 3. The number of nitrogens with one attached hydrogen (secondary N) is 1. The van der Waals surface area contributed by atoms with Crippen LogP contribution >= 0.6 is 23.2 Å². The number of ether oxygens (including phenoxy) is 1. The Morgan fingerprint density at radius 3 is 2.63 bits per heavy atom. The molecule has 1 unspecified atom stereocenters. The first kappa shape index (κ1) is 27.5. The van der Waals surface area contributed by atoms with Gasteiger partial charge in [-0.25, -0.2) is 32.3 Å². The largest absolute Gasteiger partial charge is 0.463 e. The van der Waals surface area contributed by atoms with Crippen LogP contribution in [0.1, 0.15) is 13.1 Å². The number of fused-ring (bicyclic) bond motifs is 1. The molecule has 38 heavy (non-hydrogen) atoms. The van der Waals surface area contributed by atoms with E-state index in [1.165, 1.54) is 41.3 Å². The number of nitrogen functional groups attached to an aromatic ring is 1. The summed E-state index contributed by atoms with van der Waals surface area (Å²) >= 11 is 12.0. The van der Waals surface area contributed by atoms with Crippen LogP contribution in [0.3, 0.4) is 0 Å². The highest BCUT2D eigenvalue weighted by Gasteiger charge is 2.30. The van der Waals surface area contributed by atoms with E-state index in [0.717, 1.165) is 6.07 Å². The number of hydrogen-bond acceptors (Lipinski definition) is 9. The Bertz CT molecular complexity index is 1650. The molecule has 2 aromatic carbocycles. The first-order chi connectivity index (χ1) is 18.0. The lowest BCUT2D eigenvalue weighted by Gasteiger charge is -2.22. The second kappa shape index (κ2) is 10.7. The quantitative estimate of drug-likeness (QED) is 0.295. The Balaban J connectivity index is 1.79. The highest BCUT2D eigenvalue weighted by Crippen LogP contribution is 2.35. The van der Waals surface area contributed by atoms with Crippen molar-refractivity contribution in [1.29, 1.82) is 0 Å². The zero-order valence-electron chi connectivity index (χ0n) is 20.3. The van der Waals surface area contributed by atoms with Crippen LogP contribution in [0.4, 0.5) is 15.9 Å². The van der Waals surface area contributed by atoms with Gasteiger partial charge in [0, 0.05) is 5.56 Å². The van der Waals surface area contributed by atoms with Crippen molar-refractivity contribution >= 4 is 61.7 Å². The van der Waals surface area contributed by atoms with Crippen LogP contribution < -0.4 is 10.5 Å². The van der Waals surface area contributed by atoms with Gasteiger partial charge in [0.05, 0.1) is 27.7 Å². The van der Waals surface area contributed by atoms with Crippen molar-refractivity contribution in [2.45, 2.75) is 18.0 Å².